The van der Waals surface area contributed by atoms with Crippen LogP contribution in [0.2, 0.25) is 0 Å². The number of aromatic nitrogens is 1. The summed E-state index contributed by atoms with van der Waals surface area (Å²) in [6.45, 7) is 0. The van der Waals surface area contributed by atoms with E-state index in [4.69, 9.17) is 0 Å². The van der Waals surface area contributed by atoms with Gasteiger partial charge in [0, 0.05) is 23.6 Å². The van der Waals surface area contributed by atoms with E-state index in [0.717, 1.165) is 12.4 Å². The maximum Gasteiger partial charge on any atom is 0.418 e. The van der Waals surface area contributed by atoms with Crippen LogP contribution in [0.25, 0.3) is 11.1 Å². The summed E-state index contributed by atoms with van der Waals surface area (Å²) in [6.07, 6.45) is -2.96. The molecule has 0 bridgehead atoms. The highest BCUT2D eigenvalue weighted by Gasteiger charge is 2.34. The number of halogens is 4. The van der Waals surface area contributed by atoms with Gasteiger partial charge in [0.2, 0.25) is 5.91 Å². The predicted molar refractivity (Wildman–Crippen MR) is 90.0 cm³/mol. The van der Waals surface area contributed by atoms with Crippen molar-refractivity contribution >= 4 is 11.6 Å². The predicted octanol–water partition coefficient (Wildman–Crippen LogP) is 5.02. The lowest BCUT2D eigenvalue weighted by molar-refractivity contribution is -0.138. The van der Waals surface area contributed by atoms with Crippen LogP contribution in [0.5, 0.6) is 0 Å². The van der Waals surface area contributed by atoms with Crippen molar-refractivity contribution in [2.24, 2.45) is 0 Å². The number of amides is 1. The van der Waals surface area contributed by atoms with Crippen molar-refractivity contribution in [2.75, 3.05) is 5.32 Å². The zero-order chi connectivity index (χ0) is 18.7. The fraction of sp³-hybridized carbons (Fsp3) is 0.105. The van der Waals surface area contributed by atoms with E-state index in [-0.39, 0.29) is 11.4 Å². The van der Waals surface area contributed by atoms with E-state index in [1.807, 2.05) is 0 Å². The van der Waals surface area contributed by atoms with Crippen LogP contribution >= 0.6 is 0 Å². The van der Waals surface area contributed by atoms with Gasteiger partial charge in [0.1, 0.15) is 5.82 Å². The number of alkyl halides is 3. The van der Waals surface area contributed by atoms with Crippen molar-refractivity contribution in [1.82, 2.24) is 4.98 Å². The van der Waals surface area contributed by atoms with Crippen LogP contribution in [0.3, 0.4) is 0 Å². The van der Waals surface area contributed by atoms with Crippen LogP contribution in [-0.2, 0) is 17.4 Å². The van der Waals surface area contributed by atoms with Crippen LogP contribution in [0.4, 0.5) is 23.2 Å². The molecule has 0 fully saturated rings. The Bertz CT molecular complexity index is 914. The first kappa shape index (κ1) is 17.7. The second kappa shape index (κ2) is 7.03. The van der Waals surface area contributed by atoms with Crippen LogP contribution in [0, 0.1) is 5.82 Å². The van der Waals surface area contributed by atoms with Gasteiger partial charge in [-0.2, -0.15) is 13.2 Å². The van der Waals surface area contributed by atoms with E-state index in [1.165, 1.54) is 12.1 Å². The van der Waals surface area contributed by atoms with Crippen molar-refractivity contribution in [2.45, 2.75) is 12.6 Å². The number of aromatic amines is 1. The zero-order valence-corrected chi connectivity index (χ0v) is 13.4. The highest BCUT2D eigenvalue weighted by Crippen LogP contribution is 2.32. The van der Waals surface area contributed by atoms with E-state index in [9.17, 15) is 22.4 Å². The number of H-pyrrole nitrogens is 1. The fourth-order valence-electron chi connectivity index (χ4n) is 2.65. The van der Waals surface area contributed by atoms with Crippen molar-refractivity contribution in [3.63, 3.8) is 0 Å². The molecular formula is C19H14F4N2O. The van der Waals surface area contributed by atoms with E-state index < -0.39 is 24.1 Å². The van der Waals surface area contributed by atoms with E-state index >= 15 is 0 Å². The molecule has 0 unspecified atom stereocenters. The second-order valence-corrected chi connectivity index (χ2v) is 5.67. The third-order valence-electron chi connectivity index (χ3n) is 3.84. The highest BCUT2D eigenvalue weighted by atomic mass is 19.4. The van der Waals surface area contributed by atoms with Crippen LogP contribution in [0.1, 0.15) is 11.1 Å². The summed E-state index contributed by atoms with van der Waals surface area (Å²) < 4.78 is 51.8. The lowest BCUT2D eigenvalue weighted by Gasteiger charge is -2.12. The van der Waals surface area contributed by atoms with Gasteiger partial charge in [0.05, 0.1) is 12.0 Å². The zero-order valence-electron chi connectivity index (χ0n) is 13.4. The summed E-state index contributed by atoms with van der Waals surface area (Å²) in [5, 5.41) is 2.63. The molecule has 0 spiro atoms. The average Bonchev–Trinajstić information content (AvgIpc) is 3.04. The van der Waals surface area contributed by atoms with Crippen molar-refractivity contribution in [3.8, 4) is 11.1 Å². The average molecular weight is 362 g/mol. The lowest BCUT2D eigenvalue weighted by atomic mass is 10.0. The Hall–Kier alpha value is -3.09. The largest absolute Gasteiger partial charge is 0.418 e. The number of rotatable bonds is 4. The smallest absolute Gasteiger partial charge is 0.367 e. The van der Waals surface area contributed by atoms with Crippen LogP contribution in [-0.4, -0.2) is 10.9 Å². The quantitative estimate of drug-likeness (QED) is 0.629. The standard InChI is InChI=1S/C19H14F4N2O/c20-14-7-5-12(6-8-14)15-3-1-2-4-17(15)25-18(26)9-13-10-24-11-16(13)19(21,22)23/h1-8,10-11,24H,9H2,(H,25,26). The maximum atomic E-state index is 13.1. The first-order valence-electron chi connectivity index (χ1n) is 7.72. The minimum atomic E-state index is -4.53. The number of carbonyl (C=O) groups excluding carboxylic acids is 1. The Kier molecular flexibility index (Phi) is 4.79. The molecule has 2 N–H and O–H groups in total. The van der Waals surface area contributed by atoms with Gasteiger partial charge in [0.25, 0.3) is 0 Å². The Morgan fingerprint density at radius 3 is 2.38 bits per heavy atom. The molecule has 0 atom stereocenters. The molecule has 1 amide bonds. The molecule has 0 aliphatic rings. The molecule has 26 heavy (non-hydrogen) atoms. The van der Waals surface area contributed by atoms with Crippen molar-refractivity contribution in [1.29, 1.82) is 0 Å². The number of benzene rings is 2. The highest BCUT2D eigenvalue weighted by molar-refractivity contribution is 5.96. The number of hydrogen-bond donors (Lipinski definition) is 2. The number of nitrogens with one attached hydrogen (secondary N) is 2. The van der Waals surface area contributed by atoms with E-state index in [0.29, 0.717) is 16.8 Å². The molecule has 134 valence electrons. The number of para-hydroxylation sites is 1. The molecule has 3 nitrogen and oxygen atoms in total. The summed E-state index contributed by atoms with van der Waals surface area (Å²) in [5.41, 5.74) is 0.771. The van der Waals surface area contributed by atoms with Gasteiger partial charge in [-0.1, -0.05) is 30.3 Å². The van der Waals surface area contributed by atoms with Crippen molar-refractivity contribution < 1.29 is 22.4 Å². The van der Waals surface area contributed by atoms with Gasteiger partial charge in [0.15, 0.2) is 0 Å². The topological polar surface area (TPSA) is 44.9 Å². The van der Waals surface area contributed by atoms with Gasteiger partial charge in [-0.15, -0.1) is 0 Å². The van der Waals surface area contributed by atoms with E-state index in [1.54, 1.807) is 36.4 Å². The van der Waals surface area contributed by atoms with Gasteiger partial charge < -0.3 is 10.3 Å². The summed E-state index contributed by atoms with van der Waals surface area (Å²) in [6, 6.07) is 12.5. The number of anilines is 1. The summed E-state index contributed by atoms with van der Waals surface area (Å²) in [5.74, 6) is -0.966. The molecule has 0 radical (unpaired) electrons. The normalized spacial score (nSPS) is 11.4. The molecule has 3 rings (SSSR count). The summed E-state index contributed by atoms with van der Waals surface area (Å²) in [7, 11) is 0. The molecule has 0 saturated carbocycles. The molecular weight excluding hydrogens is 348 g/mol. The first-order chi connectivity index (χ1) is 12.3. The fourth-order valence-corrected chi connectivity index (χ4v) is 2.65. The third-order valence-corrected chi connectivity index (χ3v) is 3.84. The Labute approximate surface area is 146 Å². The summed E-state index contributed by atoms with van der Waals surface area (Å²) in [4.78, 5) is 14.6. The van der Waals surface area contributed by atoms with Crippen LogP contribution in [0.15, 0.2) is 60.9 Å². The minimum absolute atomic E-state index is 0.130. The van der Waals surface area contributed by atoms with Gasteiger partial charge in [-0.05, 0) is 29.3 Å². The Morgan fingerprint density at radius 1 is 1.00 bits per heavy atom. The first-order valence-corrected chi connectivity index (χ1v) is 7.72. The second-order valence-electron chi connectivity index (χ2n) is 5.67. The lowest BCUT2D eigenvalue weighted by Crippen LogP contribution is -2.17. The number of carbonyl (C=O) groups is 1. The number of hydrogen-bond acceptors (Lipinski definition) is 1. The molecule has 0 saturated heterocycles. The van der Waals surface area contributed by atoms with Gasteiger partial charge in [-0.3, -0.25) is 4.79 Å². The van der Waals surface area contributed by atoms with Crippen LogP contribution < -0.4 is 5.32 Å². The summed E-state index contributed by atoms with van der Waals surface area (Å²) >= 11 is 0. The molecule has 1 heterocycles. The SMILES string of the molecule is O=C(Cc1c[nH]cc1C(F)(F)F)Nc1ccccc1-c1ccc(F)cc1. The van der Waals surface area contributed by atoms with E-state index in [2.05, 4.69) is 10.3 Å². The minimum Gasteiger partial charge on any atom is -0.367 e. The van der Waals surface area contributed by atoms with Crippen molar-refractivity contribution in [3.05, 3.63) is 77.9 Å². The Balaban J connectivity index is 1.81. The molecule has 0 aliphatic heterocycles. The molecule has 7 heteroatoms. The maximum absolute atomic E-state index is 13.1. The third kappa shape index (κ3) is 3.93. The Morgan fingerprint density at radius 2 is 1.69 bits per heavy atom. The van der Waals surface area contributed by atoms with Gasteiger partial charge in [-0.25, -0.2) is 4.39 Å². The monoisotopic (exact) mass is 362 g/mol. The molecule has 3 aromatic rings. The molecule has 2 aromatic carbocycles. The molecule has 1 aromatic heterocycles. The van der Waals surface area contributed by atoms with Gasteiger partial charge >= 0.3 is 6.18 Å². The molecule has 0 aliphatic carbocycles.